The van der Waals surface area contributed by atoms with Crippen molar-refractivity contribution in [2.75, 3.05) is 13.2 Å². The lowest BCUT2D eigenvalue weighted by Crippen LogP contribution is -2.17. The molecule has 0 radical (unpaired) electrons. The highest BCUT2D eigenvalue weighted by Gasteiger charge is 2.25. The van der Waals surface area contributed by atoms with E-state index in [1.165, 1.54) is 0 Å². The Bertz CT molecular complexity index is 2120. The van der Waals surface area contributed by atoms with Gasteiger partial charge in [-0.25, -0.2) is 9.59 Å². The van der Waals surface area contributed by atoms with Crippen LogP contribution in [0.25, 0.3) is 54.2 Å². The molecule has 0 aliphatic heterocycles. The monoisotopic (exact) mass is 854 g/mol. The lowest BCUT2D eigenvalue weighted by atomic mass is 9.85. The molecule has 0 heterocycles. The van der Waals surface area contributed by atoms with E-state index < -0.39 is 12.3 Å². The molecule has 0 saturated carbocycles. The second-order valence-electron chi connectivity index (χ2n) is 14.0. The first-order chi connectivity index (χ1) is 26.3. The molecule has 0 fully saturated rings. The van der Waals surface area contributed by atoms with E-state index in [2.05, 4.69) is 83.8 Å². The van der Waals surface area contributed by atoms with Crippen molar-refractivity contribution in [2.45, 2.75) is 79.1 Å². The Morgan fingerprint density at radius 2 is 0.889 bits per heavy atom. The molecule has 0 saturated heterocycles. The molecule has 0 amide bonds. The largest absolute Gasteiger partial charge is 0.513 e. The van der Waals surface area contributed by atoms with Gasteiger partial charge in [0.1, 0.15) is 11.5 Å². The summed E-state index contributed by atoms with van der Waals surface area (Å²) in [5.74, 6) is 1.48. The maximum absolute atomic E-state index is 13.4. The van der Waals surface area contributed by atoms with Crippen LogP contribution in [0.4, 0.5) is 9.59 Å². The zero-order valence-corrected chi connectivity index (χ0v) is 34.7. The highest BCUT2D eigenvalue weighted by Crippen LogP contribution is 2.50. The maximum Gasteiger partial charge on any atom is 0.513 e. The molecule has 282 valence electrons. The minimum absolute atomic E-state index is 0.290. The number of carbonyl (C=O) groups is 2. The van der Waals surface area contributed by atoms with Crippen LogP contribution < -0.4 is 9.47 Å². The van der Waals surface area contributed by atoms with Crippen LogP contribution in [0.15, 0.2) is 93.9 Å². The molecule has 6 aromatic rings. The van der Waals surface area contributed by atoms with E-state index in [0.29, 0.717) is 24.7 Å². The van der Waals surface area contributed by atoms with Gasteiger partial charge in [-0.3, -0.25) is 0 Å². The number of rotatable bonds is 15. The van der Waals surface area contributed by atoms with E-state index >= 15 is 0 Å². The van der Waals surface area contributed by atoms with Gasteiger partial charge in [-0.1, -0.05) is 147 Å². The van der Waals surface area contributed by atoms with E-state index in [4.69, 9.17) is 18.9 Å². The normalized spacial score (nSPS) is 12.6. The molecule has 8 heteroatoms. The van der Waals surface area contributed by atoms with Crippen LogP contribution in [-0.2, 0) is 9.47 Å². The summed E-state index contributed by atoms with van der Waals surface area (Å²) in [6, 6.07) is 28.0. The summed E-state index contributed by atoms with van der Waals surface area (Å²) in [4.78, 5) is 26.7. The second-order valence-corrected chi connectivity index (χ2v) is 15.9. The van der Waals surface area contributed by atoms with Crippen LogP contribution in [0.5, 0.6) is 11.5 Å². The second kappa shape index (κ2) is 18.5. The Balaban J connectivity index is 1.52. The van der Waals surface area contributed by atoms with Crippen LogP contribution >= 0.6 is 31.9 Å². The molecule has 6 rings (SSSR count). The molecule has 6 nitrogen and oxygen atoms in total. The Morgan fingerprint density at radius 1 is 0.519 bits per heavy atom. The van der Waals surface area contributed by atoms with Gasteiger partial charge in [0.05, 0.1) is 13.2 Å². The van der Waals surface area contributed by atoms with Crippen LogP contribution in [0, 0.1) is 11.8 Å². The van der Waals surface area contributed by atoms with Gasteiger partial charge in [0, 0.05) is 30.5 Å². The van der Waals surface area contributed by atoms with E-state index in [1.54, 1.807) is 0 Å². The summed E-state index contributed by atoms with van der Waals surface area (Å²) >= 11 is 7.46. The zero-order valence-electron chi connectivity index (χ0n) is 31.5. The first-order valence-electron chi connectivity index (χ1n) is 19.2. The molecule has 0 aliphatic carbocycles. The number of hydrogen-bond donors (Lipinski definition) is 0. The third kappa shape index (κ3) is 8.71. The standard InChI is InChI=1S/C46H48Br2O6/c1-5-9-15-29(7-3)27-51-45(49)53-43-35-19-13-11-17-33(35)41(39-25-31(47)21-23-37(39)43)42-34-18-12-14-20-36(34)44(38-24-22-32(48)26-40(38)42)54-46(50)52-28-30(8-4)16-10-6-2/h11-14,17-26,29-30H,5-10,15-16,27-28H2,1-4H3. The summed E-state index contributed by atoms with van der Waals surface area (Å²) in [6.07, 6.45) is 6.86. The third-order valence-corrected chi connectivity index (χ3v) is 11.4. The predicted octanol–water partition coefficient (Wildman–Crippen LogP) is 15.0. The molecule has 0 N–H and O–H groups in total. The Labute approximate surface area is 334 Å². The highest BCUT2D eigenvalue weighted by molar-refractivity contribution is 9.10. The molecule has 2 unspecified atom stereocenters. The smallest absolute Gasteiger partial charge is 0.434 e. The average Bonchev–Trinajstić information content (AvgIpc) is 3.18. The minimum atomic E-state index is -0.712. The number of halogens is 2. The van der Waals surface area contributed by atoms with Gasteiger partial charge in [0.2, 0.25) is 0 Å². The molecule has 0 spiro atoms. The van der Waals surface area contributed by atoms with Gasteiger partial charge in [-0.05, 0) is 93.7 Å². The van der Waals surface area contributed by atoms with Crippen molar-refractivity contribution in [1.82, 2.24) is 0 Å². The quantitative estimate of drug-likeness (QED) is 0.0582. The van der Waals surface area contributed by atoms with Gasteiger partial charge in [0.15, 0.2) is 0 Å². The topological polar surface area (TPSA) is 71.1 Å². The zero-order chi connectivity index (χ0) is 38.2. The first kappa shape index (κ1) is 39.6. The lowest BCUT2D eigenvalue weighted by molar-refractivity contribution is 0.0811. The van der Waals surface area contributed by atoms with Crippen molar-refractivity contribution in [3.63, 3.8) is 0 Å². The number of fused-ring (bicyclic) bond motifs is 4. The van der Waals surface area contributed by atoms with Crippen molar-refractivity contribution in [1.29, 1.82) is 0 Å². The average molecular weight is 857 g/mol. The van der Waals surface area contributed by atoms with E-state index in [1.807, 2.05) is 60.7 Å². The van der Waals surface area contributed by atoms with Crippen molar-refractivity contribution in [3.8, 4) is 22.6 Å². The molecular formula is C46H48Br2O6. The van der Waals surface area contributed by atoms with Crippen molar-refractivity contribution < 1.29 is 28.5 Å². The number of hydrogen-bond acceptors (Lipinski definition) is 6. The van der Waals surface area contributed by atoms with E-state index in [9.17, 15) is 9.59 Å². The molecule has 2 atom stereocenters. The number of ether oxygens (including phenoxy) is 4. The SMILES string of the molecule is CCCCC(CC)COC(=O)Oc1c2ccccc2c(-c2c3ccccc3c(OC(=O)OCC(CC)CCCC)c3ccc(Br)cc23)c2cc(Br)ccc12. The molecular weight excluding hydrogens is 808 g/mol. The minimum Gasteiger partial charge on any atom is -0.434 e. The summed E-state index contributed by atoms with van der Waals surface area (Å²) < 4.78 is 25.5. The molecule has 0 aliphatic rings. The van der Waals surface area contributed by atoms with Crippen molar-refractivity contribution in [2.24, 2.45) is 11.8 Å². The summed E-state index contributed by atoms with van der Waals surface area (Å²) in [6.45, 7) is 9.23. The van der Waals surface area contributed by atoms with Gasteiger partial charge in [-0.2, -0.15) is 0 Å². The summed E-state index contributed by atoms with van der Waals surface area (Å²) in [5, 5.41) is 6.67. The van der Waals surface area contributed by atoms with Crippen LogP contribution in [-0.4, -0.2) is 25.5 Å². The predicted molar refractivity (Wildman–Crippen MR) is 228 cm³/mol. The van der Waals surface area contributed by atoms with Crippen molar-refractivity contribution >= 4 is 87.3 Å². The maximum atomic E-state index is 13.4. The van der Waals surface area contributed by atoms with Gasteiger partial charge in [-0.15, -0.1) is 0 Å². The fourth-order valence-electron chi connectivity index (χ4n) is 7.37. The molecule has 0 aromatic heterocycles. The Kier molecular flexibility index (Phi) is 13.5. The fourth-order valence-corrected chi connectivity index (χ4v) is 8.10. The fraction of sp³-hybridized carbons (Fsp3) is 0.348. The summed E-state index contributed by atoms with van der Waals surface area (Å²) in [7, 11) is 0. The molecule has 54 heavy (non-hydrogen) atoms. The molecule has 6 aromatic carbocycles. The van der Waals surface area contributed by atoms with E-state index in [0.717, 1.165) is 115 Å². The third-order valence-electron chi connectivity index (χ3n) is 10.5. The van der Waals surface area contributed by atoms with Crippen LogP contribution in [0.1, 0.15) is 79.1 Å². The molecule has 0 bridgehead atoms. The Morgan fingerprint density at radius 3 is 1.26 bits per heavy atom. The lowest BCUT2D eigenvalue weighted by Gasteiger charge is -2.22. The number of benzene rings is 6. The summed E-state index contributed by atoms with van der Waals surface area (Å²) in [5.41, 5.74) is 1.92. The van der Waals surface area contributed by atoms with Crippen molar-refractivity contribution in [3.05, 3.63) is 93.9 Å². The number of carbonyl (C=O) groups excluding carboxylic acids is 2. The highest BCUT2D eigenvalue weighted by atomic mass is 79.9. The van der Waals surface area contributed by atoms with Gasteiger partial charge in [0.25, 0.3) is 0 Å². The number of unbranched alkanes of at least 4 members (excludes halogenated alkanes) is 2. The van der Waals surface area contributed by atoms with Crippen LogP contribution in [0.2, 0.25) is 0 Å². The van der Waals surface area contributed by atoms with E-state index in [-0.39, 0.29) is 11.8 Å². The Hall–Kier alpha value is -4.14. The van der Waals surface area contributed by atoms with Crippen LogP contribution in [0.3, 0.4) is 0 Å². The van der Waals surface area contributed by atoms with Gasteiger partial charge >= 0.3 is 12.3 Å². The van der Waals surface area contributed by atoms with Gasteiger partial charge < -0.3 is 18.9 Å². The first-order valence-corrected chi connectivity index (χ1v) is 20.8.